The van der Waals surface area contributed by atoms with Crippen LogP contribution in [0.5, 0.6) is 0 Å². The monoisotopic (exact) mass is 194 g/mol. The summed E-state index contributed by atoms with van der Waals surface area (Å²) in [5, 5.41) is 0. The highest BCUT2D eigenvalue weighted by Crippen LogP contribution is 2.66. The van der Waals surface area contributed by atoms with Crippen LogP contribution in [0.4, 0.5) is 0 Å². The molecule has 0 aromatic carbocycles. The van der Waals surface area contributed by atoms with Crippen molar-refractivity contribution in [2.75, 3.05) is 0 Å². The van der Waals surface area contributed by atoms with E-state index in [-0.39, 0.29) is 0 Å². The minimum absolute atomic E-state index is 0.387. The Bertz CT molecular complexity index is 276. The Balaban J connectivity index is 2.32. The smallest absolute Gasteiger partial charge is 0.0909 e. The van der Waals surface area contributed by atoms with Crippen molar-refractivity contribution in [1.82, 2.24) is 0 Å². The fourth-order valence-corrected chi connectivity index (χ4v) is 3.60. The van der Waals surface area contributed by atoms with Gasteiger partial charge in [0.2, 0.25) is 0 Å². The summed E-state index contributed by atoms with van der Waals surface area (Å²) < 4.78 is 0. The molecule has 2 bridgehead atoms. The summed E-state index contributed by atoms with van der Waals surface area (Å²) in [6, 6.07) is 0.473. The van der Waals surface area contributed by atoms with Crippen LogP contribution in [0.15, 0.2) is 4.99 Å². The van der Waals surface area contributed by atoms with Gasteiger partial charge in [0.1, 0.15) is 0 Å². The van der Waals surface area contributed by atoms with Gasteiger partial charge in [0, 0.05) is 0 Å². The minimum atomic E-state index is 0.387. The highest BCUT2D eigenvalue weighted by Gasteiger charge is 2.61. The molecule has 2 aliphatic rings. The third kappa shape index (κ3) is 1.06. The Hall–Kier alpha value is -0.530. The predicted molar refractivity (Wildman–Crippen MR) is 60.3 cm³/mol. The molecule has 0 saturated heterocycles. The average molecular weight is 194 g/mol. The topological polar surface area (TPSA) is 38.4 Å². The first-order valence-corrected chi connectivity index (χ1v) is 5.68. The van der Waals surface area contributed by atoms with Gasteiger partial charge in [0.05, 0.1) is 11.9 Å². The molecule has 2 heteroatoms. The fourth-order valence-electron chi connectivity index (χ4n) is 3.60. The Labute approximate surface area is 87.0 Å². The number of hydrogen-bond donors (Lipinski definition) is 1. The maximum Gasteiger partial charge on any atom is 0.0909 e. The zero-order chi connectivity index (χ0) is 10.6. The van der Waals surface area contributed by atoms with Crippen LogP contribution in [0.1, 0.15) is 47.0 Å². The maximum atomic E-state index is 5.70. The molecule has 2 aliphatic carbocycles. The summed E-state index contributed by atoms with van der Waals surface area (Å²) in [6.07, 6.45) is 3.96. The Morgan fingerprint density at radius 3 is 2.36 bits per heavy atom. The maximum absolute atomic E-state index is 5.70. The third-order valence-corrected chi connectivity index (χ3v) is 5.11. The normalized spacial score (nSPS) is 45.9. The molecule has 0 aromatic heterocycles. The molecule has 14 heavy (non-hydrogen) atoms. The summed E-state index contributed by atoms with van der Waals surface area (Å²) in [4.78, 5) is 4.62. The Kier molecular flexibility index (Phi) is 1.96. The molecule has 3 atom stereocenters. The van der Waals surface area contributed by atoms with Crippen LogP contribution in [-0.2, 0) is 0 Å². The van der Waals surface area contributed by atoms with Gasteiger partial charge < -0.3 is 5.73 Å². The van der Waals surface area contributed by atoms with Crippen molar-refractivity contribution in [1.29, 1.82) is 0 Å². The molecule has 2 rings (SSSR count). The molecule has 0 aromatic rings. The molecule has 0 radical (unpaired) electrons. The average Bonchev–Trinajstić information content (AvgIpc) is 2.35. The number of rotatable bonds is 1. The highest BCUT2D eigenvalue weighted by molar-refractivity contribution is 5.77. The molecule has 80 valence electrons. The first-order chi connectivity index (χ1) is 6.38. The summed E-state index contributed by atoms with van der Waals surface area (Å²) in [5.41, 5.74) is 6.54. The lowest BCUT2D eigenvalue weighted by Gasteiger charge is -2.37. The number of aliphatic imine (C=N–C) groups is 1. The van der Waals surface area contributed by atoms with Crippen LogP contribution in [0.3, 0.4) is 0 Å². The van der Waals surface area contributed by atoms with Crippen molar-refractivity contribution in [2.45, 2.75) is 53.0 Å². The van der Waals surface area contributed by atoms with Crippen molar-refractivity contribution in [2.24, 2.45) is 27.5 Å². The minimum Gasteiger partial charge on any atom is -0.388 e. The van der Waals surface area contributed by atoms with Crippen molar-refractivity contribution in [3.8, 4) is 0 Å². The van der Waals surface area contributed by atoms with Crippen molar-refractivity contribution in [3.63, 3.8) is 0 Å². The van der Waals surface area contributed by atoms with Crippen LogP contribution < -0.4 is 5.73 Å². The number of nitrogens with zero attached hydrogens (tertiary/aromatic N) is 1. The lowest BCUT2D eigenvalue weighted by molar-refractivity contribution is 0.137. The number of nitrogens with two attached hydrogens (primary N) is 1. The molecule has 0 aliphatic heterocycles. The second-order valence-corrected chi connectivity index (χ2v) is 5.90. The van der Waals surface area contributed by atoms with Gasteiger partial charge in [-0.1, -0.05) is 20.8 Å². The molecular formula is C12H22N2. The second kappa shape index (κ2) is 2.74. The van der Waals surface area contributed by atoms with E-state index in [9.17, 15) is 0 Å². The standard InChI is InChI=1S/C12H22N2/c1-8(13)14-10-7-9-5-6-12(10,4)11(9,2)3/h9-10H,5-7H2,1-4H3,(H2,13,14). The summed E-state index contributed by atoms with van der Waals surface area (Å²) in [5.74, 6) is 1.61. The second-order valence-electron chi connectivity index (χ2n) is 5.90. The van der Waals surface area contributed by atoms with Gasteiger partial charge in [-0.3, -0.25) is 4.99 Å². The number of hydrogen-bond acceptors (Lipinski definition) is 1. The van der Waals surface area contributed by atoms with Crippen molar-refractivity contribution in [3.05, 3.63) is 0 Å². The molecule has 0 heterocycles. The van der Waals surface area contributed by atoms with E-state index in [2.05, 4.69) is 25.8 Å². The van der Waals surface area contributed by atoms with E-state index < -0.39 is 0 Å². The highest BCUT2D eigenvalue weighted by atomic mass is 14.9. The lowest BCUT2D eigenvalue weighted by Crippen LogP contribution is -2.35. The van der Waals surface area contributed by atoms with E-state index in [0.29, 0.717) is 16.9 Å². The zero-order valence-electron chi connectivity index (χ0n) is 9.80. The first kappa shape index (κ1) is 10.0. The van der Waals surface area contributed by atoms with Crippen LogP contribution in [0, 0.1) is 16.7 Å². The quantitative estimate of drug-likeness (QED) is 0.505. The largest absolute Gasteiger partial charge is 0.388 e. The molecule has 3 unspecified atom stereocenters. The molecule has 0 amide bonds. The number of fused-ring (bicyclic) bond motifs is 2. The summed E-state index contributed by atoms with van der Waals surface area (Å²) >= 11 is 0. The molecule has 2 nitrogen and oxygen atoms in total. The predicted octanol–water partition coefficient (Wildman–Crippen LogP) is 2.58. The van der Waals surface area contributed by atoms with Gasteiger partial charge in [-0.15, -0.1) is 0 Å². The van der Waals surface area contributed by atoms with E-state index >= 15 is 0 Å². The van der Waals surface area contributed by atoms with Crippen molar-refractivity contribution < 1.29 is 0 Å². The van der Waals surface area contributed by atoms with Crippen LogP contribution in [0.2, 0.25) is 0 Å². The van der Waals surface area contributed by atoms with Gasteiger partial charge in [-0.2, -0.15) is 0 Å². The van der Waals surface area contributed by atoms with Gasteiger partial charge in [-0.25, -0.2) is 0 Å². The summed E-state index contributed by atoms with van der Waals surface area (Å²) in [6.45, 7) is 9.12. The molecule has 2 saturated carbocycles. The van der Waals surface area contributed by atoms with Crippen LogP contribution in [0.25, 0.3) is 0 Å². The van der Waals surface area contributed by atoms with E-state index in [1.165, 1.54) is 19.3 Å². The van der Waals surface area contributed by atoms with Crippen LogP contribution >= 0.6 is 0 Å². The fraction of sp³-hybridized carbons (Fsp3) is 0.917. The molecule has 2 N–H and O–H groups in total. The molecule has 0 spiro atoms. The summed E-state index contributed by atoms with van der Waals surface area (Å²) in [7, 11) is 0. The van der Waals surface area contributed by atoms with Gasteiger partial charge in [-0.05, 0) is 42.9 Å². The number of amidine groups is 1. The van der Waals surface area contributed by atoms with Gasteiger partial charge in [0.15, 0.2) is 0 Å². The van der Waals surface area contributed by atoms with E-state index in [1.54, 1.807) is 0 Å². The van der Waals surface area contributed by atoms with Crippen molar-refractivity contribution >= 4 is 5.84 Å². The van der Waals surface area contributed by atoms with E-state index in [4.69, 9.17) is 5.73 Å². The van der Waals surface area contributed by atoms with Crippen LogP contribution in [-0.4, -0.2) is 11.9 Å². The lowest BCUT2D eigenvalue weighted by atomic mass is 9.69. The Morgan fingerprint density at radius 1 is 1.36 bits per heavy atom. The van der Waals surface area contributed by atoms with E-state index in [1.807, 2.05) is 6.92 Å². The zero-order valence-corrected chi connectivity index (χ0v) is 9.80. The molecule has 2 fully saturated rings. The molecular weight excluding hydrogens is 172 g/mol. The SMILES string of the molecule is CC(N)=NC1CC2CCC1(C)C2(C)C. The van der Waals surface area contributed by atoms with Gasteiger partial charge in [0.25, 0.3) is 0 Å². The third-order valence-electron chi connectivity index (χ3n) is 5.11. The van der Waals surface area contributed by atoms with Gasteiger partial charge >= 0.3 is 0 Å². The first-order valence-electron chi connectivity index (χ1n) is 5.68. The Morgan fingerprint density at radius 2 is 2.00 bits per heavy atom. The van der Waals surface area contributed by atoms with E-state index in [0.717, 1.165) is 11.8 Å².